The Hall–Kier alpha value is -3.61. The molecule has 0 saturated carbocycles. The van der Waals surface area contributed by atoms with Crippen molar-refractivity contribution in [3.63, 3.8) is 0 Å². The third-order valence-electron chi connectivity index (χ3n) is 3.92. The molecule has 2 N–H and O–H groups in total. The molecule has 0 fully saturated rings. The van der Waals surface area contributed by atoms with Crippen LogP contribution in [0.2, 0.25) is 0 Å². The van der Waals surface area contributed by atoms with E-state index in [1.165, 1.54) is 20.3 Å². The Bertz CT molecular complexity index is 1020. The quantitative estimate of drug-likeness (QED) is 0.725. The summed E-state index contributed by atoms with van der Waals surface area (Å²) < 4.78 is 10.6. The van der Waals surface area contributed by atoms with Crippen molar-refractivity contribution in [1.29, 1.82) is 0 Å². The van der Waals surface area contributed by atoms with Gasteiger partial charge in [-0.25, -0.2) is 4.98 Å². The van der Waals surface area contributed by atoms with Crippen molar-refractivity contribution in [3.05, 3.63) is 70.1 Å². The molecule has 0 unspecified atom stereocenters. The van der Waals surface area contributed by atoms with Crippen LogP contribution in [0.25, 0.3) is 11.4 Å². The van der Waals surface area contributed by atoms with Gasteiger partial charge in [-0.3, -0.25) is 9.59 Å². The molecule has 27 heavy (non-hydrogen) atoms. The second kappa shape index (κ2) is 7.74. The predicted octanol–water partition coefficient (Wildman–Crippen LogP) is 3.01. The van der Waals surface area contributed by atoms with Crippen molar-refractivity contribution in [3.8, 4) is 22.9 Å². The standard InChI is InChI=1S/C20H19N3O4/c1-12-10-17(24)23-19(21-12)13-6-4-7-14(11-13)22-20(25)18-15(26-2)8-5-9-16(18)27-3/h4-11H,1-3H3,(H,22,25)(H,21,23,24). The highest BCUT2D eigenvalue weighted by molar-refractivity contribution is 6.08. The molecule has 7 heteroatoms. The zero-order chi connectivity index (χ0) is 19.4. The number of hydrogen-bond acceptors (Lipinski definition) is 5. The number of hydrogen-bond donors (Lipinski definition) is 2. The number of H-pyrrole nitrogens is 1. The first-order valence-electron chi connectivity index (χ1n) is 8.22. The van der Waals surface area contributed by atoms with Gasteiger partial charge in [0.25, 0.3) is 11.5 Å². The van der Waals surface area contributed by atoms with Gasteiger partial charge >= 0.3 is 0 Å². The number of aromatic amines is 1. The summed E-state index contributed by atoms with van der Waals surface area (Å²) in [5, 5.41) is 2.83. The number of aryl methyl sites for hydroxylation is 1. The van der Waals surface area contributed by atoms with Gasteiger partial charge in [0, 0.05) is 23.0 Å². The summed E-state index contributed by atoms with van der Waals surface area (Å²) in [4.78, 5) is 31.5. The number of carbonyl (C=O) groups excluding carboxylic acids is 1. The Labute approximate surface area is 156 Å². The number of ether oxygens (including phenoxy) is 2. The van der Waals surface area contributed by atoms with Crippen LogP contribution in [0.4, 0.5) is 5.69 Å². The van der Waals surface area contributed by atoms with E-state index in [0.29, 0.717) is 39.8 Å². The van der Waals surface area contributed by atoms with E-state index >= 15 is 0 Å². The molecule has 0 aliphatic rings. The SMILES string of the molecule is COc1cccc(OC)c1C(=O)Nc1cccc(-c2nc(C)cc(=O)[nH]2)c1. The Morgan fingerprint density at radius 1 is 1.04 bits per heavy atom. The maximum atomic E-state index is 12.8. The molecule has 1 heterocycles. The first kappa shape index (κ1) is 18.2. The van der Waals surface area contributed by atoms with Crippen LogP contribution in [-0.2, 0) is 0 Å². The van der Waals surface area contributed by atoms with Crippen LogP contribution in [0, 0.1) is 6.92 Å². The van der Waals surface area contributed by atoms with Crippen LogP contribution in [0.3, 0.4) is 0 Å². The summed E-state index contributed by atoms with van der Waals surface area (Å²) in [6.07, 6.45) is 0. The lowest BCUT2D eigenvalue weighted by atomic mass is 10.1. The fourth-order valence-electron chi connectivity index (χ4n) is 2.73. The summed E-state index contributed by atoms with van der Waals surface area (Å²) in [7, 11) is 2.98. The normalized spacial score (nSPS) is 10.3. The molecule has 0 spiro atoms. The van der Waals surface area contributed by atoms with E-state index in [0.717, 1.165) is 0 Å². The zero-order valence-electron chi connectivity index (χ0n) is 15.2. The molecular formula is C20H19N3O4. The first-order chi connectivity index (χ1) is 13.0. The molecule has 7 nitrogen and oxygen atoms in total. The molecule has 1 aromatic heterocycles. The number of rotatable bonds is 5. The number of methoxy groups -OCH3 is 2. The van der Waals surface area contributed by atoms with Gasteiger partial charge in [0.1, 0.15) is 22.9 Å². The lowest BCUT2D eigenvalue weighted by Crippen LogP contribution is -2.14. The largest absolute Gasteiger partial charge is 0.496 e. The summed E-state index contributed by atoms with van der Waals surface area (Å²) in [6, 6.07) is 13.6. The van der Waals surface area contributed by atoms with Gasteiger partial charge in [0.2, 0.25) is 0 Å². The Morgan fingerprint density at radius 3 is 2.33 bits per heavy atom. The van der Waals surface area contributed by atoms with Crippen molar-refractivity contribution in [1.82, 2.24) is 9.97 Å². The number of nitrogens with zero attached hydrogens (tertiary/aromatic N) is 1. The number of anilines is 1. The molecule has 3 rings (SSSR count). The number of aromatic nitrogens is 2. The van der Waals surface area contributed by atoms with Gasteiger partial charge < -0.3 is 19.8 Å². The van der Waals surface area contributed by atoms with Crippen LogP contribution < -0.4 is 20.3 Å². The topological polar surface area (TPSA) is 93.3 Å². The van der Waals surface area contributed by atoms with E-state index in [1.807, 2.05) is 0 Å². The molecule has 0 atom stereocenters. The molecule has 0 aliphatic heterocycles. The molecule has 0 saturated heterocycles. The molecule has 1 amide bonds. The van der Waals surface area contributed by atoms with Crippen LogP contribution in [0.15, 0.2) is 53.3 Å². The van der Waals surface area contributed by atoms with E-state index in [1.54, 1.807) is 49.4 Å². The van der Waals surface area contributed by atoms with Crippen molar-refractivity contribution in [2.24, 2.45) is 0 Å². The molecular weight excluding hydrogens is 346 g/mol. The highest BCUT2D eigenvalue weighted by Crippen LogP contribution is 2.29. The lowest BCUT2D eigenvalue weighted by molar-refractivity contribution is 0.102. The van der Waals surface area contributed by atoms with E-state index in [-0.39, 0.29) is 11.5 Å². The van der Waals surface area contributed by atoms with E-state index in [4.69, 9.17) is 9.47 Å². The van der Waals surface area contributed by atoms with Gasteiger partial charge in [-0.1, -0.05) is 18.2 Å². The molecule has 3 aromatic rings. The third kappa shape index (κ3) is 3.98. The van der Waals surface area contributed by atoms with Crippen molar-refractivity contribution in [2.45, 2.75) is 6.92 Å². The fourth-order valence-corrected chi connectivity index (χ4v) is 2.73. The number of amides is 1. The Kier molecular flexibility index (Phi) is 5.21. The van der Waals surface area contributed by atoms with Gasteiger partial charge in [0.15, 0.2) is 0 Å². The maximum Gasteiger partial charge on any atom is 0.263 e. The van der Waals surface area contributed by atoms with Crippen LogP contribution in [0.5, 0.6) is 11.5 Å². The Balaban J connectivity index is 1.93. The number of nitrogens with one attached hydrogen (secondary N) is 2. The minimum atomic E-state index is -0.368. The summed E-state index contributed by atoms with van der Waals surface area (Å²) in [5.41, 5.74) is 1.91. The van der Waals surface area contributed by atoms with E-state index < -0.39 is 0 Å². The monoisotopic (exact) mass is 365 g/mol. The highest BCUT2D eigenvalue weighted by atomic mass is 16.5. The van der Waals surface area contributed by atoms with E-state index in [9.17, 15) is 9.59 Å². The van der Waals surface area contributed by atoms with E-state index in [2.05, 4.69) is 15.3 Å². The summed E-state index contributed by atoms with van der Waals surface area (Å²) in [6.45, 7) is 1.75. The molecule has 138 valence electrons. The highest BCUT2D eigenvalue weighted by Gasteiger charge is 2.18. The van der Waals surface area contributed by atoms with Gasteiger partial charge in [-0.15, -0.1) is 0 Å². The van der Waals surface area contributed by atoms with Crippen LogP contribution in [0.1, 0.15) is 16.1 Å². The zero-order valence-corrected chi connectivity index (χ0v) is 15.2. The van der Waals surface area contributed by atoms with Crippen molar-refractivity contribution < 1.29 is 14.3 Å². The van der Waals surface area contributed by atoms with Gasteiger partial charge in [0.05, 0.1) is 14.2 Å². The smallest absolute Gasteiger partial charge is 0.263 e. The second-order valence-corrected chi connectivity index (χ2v) is 5.81. The van der Waals surface area contributed by atoms with Crippen LogP contribution >= 0.6 is 0 Å². The minimum Gasteiger partial charge on any atom is -0.496 e. The average Bonchev–Trinajstić information content (AvgIpc) is 2.66. The average molecular weight is 365 g/mol. The molecule has 2 aromatic carbocycles. The predicted molar refractivity (Wildman–Crippen MR) is 103 cm³/mol. The van der Waals surface area contributed by atoms with Gasteiger partial charge in [-0.05, 0) is 31.2 Å². The molecule has 0 radical (unpaired) electrons. The van der Waals surface area contributed by atoms with Crippen molar-refractivity contribution in [2.75, 3.05) is 19.5 Å². The van der Waals surface area contributed by atoms with Crippen molar-refractivity contribution >= 4 is 11.6 Å². The fraction of sp³-hybridized carbons (Fsp3) is 0.150. The molecule has 0 bridgehead atoms. The number of benzene rings is 2. The molecule has 0 aliphatic carbocycles. The van der Waals surface area contributed by atoms with Gasteiger partial charge in [-0.2, -0.15) is 0 Å². The second-order valence-electron chi connectivity index (χ2n) is 5.81. The summed E-state index contributed by atoms with van der Waals surface area (Å²) >= 11 is 0. The van der Waals surface area contributed by atoms with Crippen LogP contribution in [-0.4, -0.2) is 30.1 Å². The maximum absolute atomic E-state index is 12.8. The number of carbonyl (C=O) groups is 1. The minimum absolute atomic E-state index is 0.231. The summed E-state index contributed by atoms with van der Waals surface area (Å²) in [5.74, 6) is 0.887. The lowest BCUT2D eigenvalue weighted by Gasteiger charge is -2.13. The Morgan fingerprint density at radius 2 is 1.70 bits per heavy atom. The third-order valence-corrected chi connectivity index (χ3v) is 3.92. The first-order valence-corrected chi connectivity index (χ1v) is 8.22.